The van der Waals surface area contributed by atoms with Crippen molar-refractivity contribution in [2.75, 3.05) is 0 Å². The molecule has 0 aromatic heterocycles. The number of rotatable bonds is 1. The molecule has 1 saturated carbocycles. The van der Waals surface area contributed by atoms with Crippen LogP contribution in [0.4, 0.5) is 0 Å². The number of aliphatic hydroxyl groups is 1. The molecule has 2 aliphatic carbocycles. The molecule has 0 unspecified atom stereocenters. The third-order valence-electron chi connectivity index (χ3n) is 4.57. The molecule has 0 spiro atoms. The normalized spacial score (nSPS) is 45.6. The number of carbonyl (C=O) groups excluding carboxylic acids is 1. The van der Waals surface area contributed by atoms with Crippen molar-refractivity contribution >= 4 is 5.97 Å². The van der Waals surface area contributed by atoms with Crippen molar-refractivity contribution in [3.63, 3.8) is 0 Å². The molecule has 1 heterocycles. The van der Waals surface area contributed by atoms with E-state index in [4.69, 9.17) is 14.2 Å². The summed E-state index contributed by atoms with van der Waals surface area (Å²) in [6.07, 6.45) is 5.85. The topological polar surface area (TPSA) is 65.0 Å². The van der Waals surface area contributed by atoms with Crippen LogP contribution in [0.1, 0.15) is 46.5 Å². The summed E-state index contributed by atoms with van der Waals surface area (Å²) in [6, 6.07) is 0. The van der Waals surface area contributed by atoms with Crippen molar-refractivity contribution in [3.05, 3.63) is 12.2 Å². The van der Waals surface area contributed by atoms with Crippen molar-refractivity contribution in [2.24, 2.45) is 0 Å². The molecule has 4 atom stereocenters. The Bertz CT molecular complexity index is 457. The summed E-state index contributed by atoms with van der Waals surface area (Å²) in [6.45, 7) is 5.04. The van der Waals surface area contributed by atoms with Crippen molar-refractivity contribution in [1.82, 2.24) is 0 Å². The minimum Gasteiger partial charge on any atom is -0.452 e. The second-order valence-electron chi connectivity index (χ2n) is 6.49. The van der Waals surface area contributed by atoms with Crippen LogP contribution in [0.15, 0.2) is 12.2 Å². The lowest BCUT2D eigenvalue weighted by Gasteiger charge is -2.52. The summed E-state index contributed by atoms with van der Waals surface area (Å²) in [7, 11) is 0. The number of ether oxygens (including phenoxy) is 3. The Morgan fingerprint density at radius 1 is 1.30 bits per heavy atom. The molecule has 0 amide bonds. The summed E-state index contributed by atoms with van der Waals surface area (Å²) in [5.41, 5.74) is -2.20. The molecule has 3 rings (SSSR count). The largest absolute Gasteiger partial charge is 0.452 e. The second kappa shape index (κ2) is 4.29. The SMILES string of the molecule is CC(=O)O[C@]12C=C[C@@H]3OC(C)(C)O[C@@H]3[C@]1(O)CCCC2. The van der Waals surface area contributed by atoms with E-state index in [1.54, 1.807) is 6.08 Å². The van der Waals surface area contributed by atoms with Crippen LogP contribution in [0.3, 0.4) is 0 Å². The molecular formula is C15H22O5. The average Bonchev–Trinajstić information content (AvgIpc) is 2.65. The molecular weight excluding hydrogens is 260 g/mol. The minimum absolute atomic E-state index is 0.295. The van der Waals surface area contributed by atoms with E-state index in [0.29, 0.717) is 12.8 Å². The van der Waals surface area contributed by atoms with Gasteiger partial charge in [0.15, 0.2) is 11.4 Å². The first-order valence-electron chi connectivity index (χ1n) is 7.25. The minimum atomic E-state index is -1.22. The smallest absolute Gasteiger partial charge is 0.303 e. The van der Waals surface area contributed by atoms with Gasteiger partial charge in [-0.25, -0.2) is 0 Å². The molecule has 1 saturated heterocycles. The summed E-state index contributed by atoms with van der Waals surface area (Å²) < 4.78 is 17.3. The summed E-state index contributed by atoms with van der Waals surface area (Å²) in [4.78, 5) is 11.5. The van der Waals surface area contributed by atoms with Gasteiger partial charge in [-0.1, -0.05) is 12.5 Å². The monoisotopic (exact) mass is 282 g/mol. The third-order valence-corrected chi connectivity index (χ3v) is 4.57. The van der Waals surface area contributed by atoms with Crippen molar-refractivity contribution < 1.29 is 24.1 Å². The lowest BCUT2D eigenvalue weighted by Crippen LogP contribution is -2.67. The number of hydrogen-bond donors (Lipinski definition) is 1. The molecule has 0 radical (unpaired) electrons. The van der Waals surface area contributed by atoms with Gasteiger partial charge in [0.25, 0.3) is 0 Å². The summed E-state index contributed by atoms with van der Waals surface area (Å²) >= 11 is 0. The van der Waals surface area contributed by atoms with Crippen LogP contribution in [0.5, 0.6) is 0 Å². The maximum atomic E-state index is 11.5. The molecule has 20 heavy (non-hydrogen) atoms. The highest BCUT2D eigenvalue weighted by molar-refractivity contribution is 5.67. The number of fused-ring (bicyclic) bond motifs is 3. The van der Waals surface area contributed by atoms with Crippen LogP contribution < -0.4 is 0 Å². The van der Waals surface area contributed by atoms with Gasteiger partial charge in [-0.3, -0.25) is 4.79 Å². The first-order valence-corrected chi connectivity index (χ1v) is 7.25. The first kappa shape index (κ1) is 14.0. The Labute approximate surface area is 118 Å². The van der Waals surface area contributed by atoms with Gasteiger partial charge in [-0.2, -0.15) is 0 Å². The fourth-order valence-corrected chi connectivity index (χ4v) is 3.80. The Morgan fingerprint density at radius 3 is 2.70 bits per heavy atom. The highest BCUT2D eigenvalue weighted by Gasteiger charge is 2.65. The third kappa shape index (κ3) is 1.91. The van der Waals surface area contributed by atoms with E-state index in [-0.39, 0.29) is 12.1 Å². The molecule has 112 valence electrons. The van der Waals surface area contributed by atoms with Gasteiger partial charge >= 0.3 is 5.97 Å². The quantitative estimate of drug-likeness (QED) is 0.585. The molecule has 0 bridgehead atoms. The van der Waals surface area contributed by atoms with E-state index in [2.05, 4.69) is 0 Å². The van der Waals surface area contributed by atoms with E-state index in [9.17, 15) is 9.90 Å². The van der Waals surface area contributed by atoms with Gasteiger partial charge in [0.2, 0.25) is 0 Å². The molecule has 5 nitrogen and oxygen atoms in total. The van der Waals surface area contributed by atoms with Crippen LogP contribution in [0.25, 0.3) is 0 Å². The maximum Gasteiger partial charge on any atom is 0.303 e. The molecule has 2 fully saturated rings. The van der Waals surface area contributed by atoms with Gasteiger partial charge < -0.3 is 19.3 Å². The van der Waals surface area contributed by atoms with E-state index in [0.717, 1.165) is 12.8 Å². The molecule has 0 aromatic rings. The number of esters is 1. The standard InChI is InChI=1S/C15H22O5/c1-10(16)18-14-7-4-5-8-15(14,17)12-11(6-9-14)19-13(2,3)20-12/h6,9,11-12,17H,4-5,7-8H2,1-3H3/t11-,12-,14+,15+/m0/s1. The van der Waals surface area contributed by atoms with Gasteiger partial charge in [-0.05, 0) is 39.2 Å². The summed E-state index contributed by atoms with van der Waals surface area (Å²) in [5, 5.41) is 11.3. The van der Waals surface area contributed by atoms with Crippen LogP contribution >= 0.6 is 0 Å². The number of hydrogen-bond acceptors (Lipinski definition) is 5. The zero-order valence-electron chi connectivity index (χ0n) is 12.2. The van der Waals surface area contributed by atoms with E-state index < -0.39 is 23.1 Å². The lowest BCUT2D eigenvalue weighted by molar-refractivity contribution is -0.238. The van der Waals surface area contributed by atoms with Crippen LogP contribution in [-0.2, 0) is 19.0 Å². The highest BCUT2D eigenvalue weighted by Crippen LogP contribution is 2.51. The second-order valence-corrected chi connectivity index (χ2v) is 6.49. The van der Waals surface area contributed by atoms with Gasteiger partial charge in [0.05, 0.1) is 0 Å². The predicted molar refractivity (Wildman–Crippen MR) is 70.9 cm³/mol. The Kier molecular flexibility index (Phi) is 3.01. The predicted octanol–water partition coefficient (Wildman–Crippen LogP) is 1.68. The van der Waals surface area contributed by atoms with Gasteiger partial charge in [0, 0.05) is 6.92 Å². The molecule has 1 N–H and O–H groups in total. The Hall–Kier alpha value is -0.910. The number of carbonyl (C=O) groups is 1. The average molecular weight is 282 g/mol. The van der Waals surface area contributed by atoms with Crippen molar-refractivity contribution in [2.45, 2.75) is 75.7 Å². The molecule has 5 heteroatoms. The van der Waals surface area contributed by atoms with E-state index >= 15 is 0 Å². The summed E-state index contributed by atoms with van der Waals surface area (Å²) in [5.74, 6) is -1.12. The first-order chi connectivity index (χ1) is 9.28. The van der Waals surface area contributed by atoms with E-state index in [1.165, 1.54) is 6.92 Å². The Balaban J connectivity index is 2.02. The van der Waals surface area contributed by atoms with Gasteiger partial charge in [0.1, 0.15) is 17.8 Å². The van der Waals surface area contributed by atoms with Crippen LogP contribution in [-0.4, -0.2) is 40.3 Å². The fourth-order valence-electron chi connectivity index (χ4n) is 3.80. The maximum absolute atomic E-state index is 11.5. The van der Waals surface area contributed by atoms with Crippen molar-refractivity contribution in [1.29, 1.82) is 0 Å². The van der Waals surface area contributed by atoms with E-state index in [1.807, 2.05) is 19.9 Å². The molecule has 3 aliphatic rings. The zero-order chi connectivity index (χ0) is 14.6. The van der Waals surface area contributed by atoms with Crippen LogP contribution in [0, 0.1) is 0 Å². The zero-order valence-corrected chi connectivity index (χ0v) is 12.2. The highest BCUT2D eigenvalue weighted by atomic mass is 16.8. The lowest BCUT2D eigenvalue weighted by atomic mass is 9.64. The van der Waals surface area contributed by atoms with Gasteiger partial charge in [-0.15, -0.1) is 0 Å². The van der Waals surface area contributed by atoms with Crippen molar-refractivity contribution in [3.8, 4) is 0 Å². The van der Waals surface area contributed by atoms with Crippen LogP contribution in [0.2, 0.25) is 0 Å². The molecule has 0 aromatic carbocycles. The fraction of sp³-hybridized carbons (Fsp3) is 0.800. The molecule has 1 aliphatic heterocycles. The Morgan fingerprint density at radius 2 is 2.00 bits per heavy atom.